The van der Waals surface area contributed by atoms with Crippen molar-refractivity contribution in [3.63, 3.8) is 0 Å². The van der Waals surface area contributed by atoms with E-state index in [0.717, 1.165) is 24.0 Å². The van der Waals surface area contributed by atoms with Gasteiger partial charge in [-0.15, -0.1) is 0 Å². The van der Waals surface area contributed by atoms with Gasteiger partial charge in [-0.1, -0.05) is 50.1 Å². The molecule has 5 heteroatoms. The Labute approximate surface area is 141 Å². The second kappa shape index (κ2) is 7.81. The average Bonchev–Trinajstić information content (AvgIpc) is 2.87. The standard InChI is InChI=1S/C19H23NO4/c1-4-5-11-15(19(22)23)20-18(21)16-12(2)13(3)24-17(16)14-9-7-6-8-10-14/h6-10,15H,4-5,11H2,1-3H3,(H,20,21)(H,22,23). The highest BCUT2D eigenvalue weighted by molar-refractivity contribution is 6.02. The summed E-state index contributed by atoms with van der Waals surface area (Å²) in [5, 5.41) is 12.0. The summed E-state index contributed by atoms with van der Waals surface area (Å²) in [6.45, 7) is 5.59. The molecule has 0 radical (unpaired) electrons. The van der Waals surface area contributed by atoms with E-state index in [4.69, 9.17) is 4.42 Å². The highest BCUT2D eigenvalue weighted by Crippen LogP contribution is 2.31. The topological polar surface area (TPSA) is 79.5 Å². The Morgan fingerprint density at radius 2 is 1.88 bits per heavy atom. The second-order valence-corrected chi connectivity index (χ2v) is 5.86. The van der Waals surface area contributed by atoms with Crippen LogP contribution in [0.4, 0.5) is 0 Å². The van der Waals surface area contributed by atoms with Crippen LogP contribution < -0.4 is 5.32 Å². The van der Waals surface area contributed by atoms with Crippen molar-refractivity contribution < 1.29 is 19.1 Å². The van der Waals surface area contributed by atoms with Crippen LogP contribution in [0.25, 0.3) is 11.3 Å². The number of aliphatic carboxylic acids is 1. The van der Waals surface area contributed by atoms with E-state index in [2.05, 4.69) is 5.32 Å². The number of carbonyl (C=O) groups is 2. The first-order valence-electron chi connectivity index (χ1n) is 8.14. The van der Waals surface area contributed by atoms with Crippen molar-refractivity contribution >= 4 is 11.9 Å². The van der Waals surface area contributed by atoms with Crippen molar-refractivity contribution in [1.29, 1.82) is 0 Å². The number of hydrogen-bond acceptors (Lipinski definition) is 3. The normalized spacial score (nSPS) is 12.0. The van der Waals surface area contributed by atoms with E-state index in [-0.39, 0.29) is 0 Å². The summed E-state index contributed by atoms with van der Waals surface area (Å²) in [5.41, 5.74) is 1.92. The molecule has 1 aromatic carbocycles. The minimum atomic E-state index is -1.02. The molecular weight excluding hydrogens is 306 g/mol. The Morgan fingerprint density at radius 3 is 2.46 bits per heavy atom. The Bertz CT molecular complexity index is 718. The van der Waals surface area contributed by atoms with Gasteiger partial charge in [-0.2, -0.15) is 0 Å². The molecule has 0 spiro atoms. The number of amides is 1. The highest BCUT2D eigenvalue weighted by atomic mass is 16.4. The van der Waals surface area contributed by atoms with Gasteiger partial charge >= 0.3 is 5.97 Å². The van der Waals surface area contributed by atoms with E-state index in [9.17, 15) is 14.7 Å². The van der Waals surface area contributed by atoms with Gasteiger partial charge in [0.2, 0.25) is 0 Å². The van der Waals surface area contributed by atoms with Gasteiger partial charge in [0.15, 0.2) is 0 Å². The predicted octanol–water partition coefficient (Wildman–Crippen LogP) is 3.94. The zero-order valence-electron chi connectivity index (χ0n) is 14.3. The fraction of sp³-hybridized carbons (Fsp3) is 0.368. The number of carbonyl (C=O) groups excluding carboxylic acids is 1. The summed E-state index contributed by atoms with van der Waals surface area (Å²) >= 11 is 0. The number of rotatable bonds is 7. The number of furan rings is 1. The molecular formula is C19H23NO4. The van der Waals surface area contributed by atoms with Gasteiger partial charge < -0.3 is 14.8 Å². The SMILES string of the molecule is CCCCC(NC(=O)c1c(-c2ccccc2)oc(C)c1C)C(=O)O. The largest absolute Gasteiger partial charge is 0.480 e. The molecule has 0 aliphatic rings. The number of nitrogens with one attached hydrogen (secondary N) is 1. The number of benzene rings is 1. The molecule has 1 heterocycles. The van der Waals surface area contributed by atoms with Crippen molar-refractivity contribution in [3.8, 4) is 11.3 Å². The van der Waals surface area contributed by atoms with Crippen LogP contribution in [-0.4, -0.2) is 23.0 Å². The molecule has 1 atom stereocenters. The highest BCUT2D eigenvalue weighted by Gasteiger charge is 2.26. The van der Waals surface area contributed by atoms with Gasteiger partial charge in [-0.25, -0.2) is 4.79 Å². The minimum absolute atomic E-state index is 0.404. The maximum Gasteiger partial charge on any atom is 0.326 e. The smallest absolute Gasteiger partial charge is 0.326 e. The molecule has 1 amide bonds. The molecule has 2 rings (SSSR count). The van der Waals surface area contributed by atoms with Crippen LogP contribution in [-0.2, 0) is 4.79 Å². The van der Waals surface area contributed by atoms with Crippen molar-refractivity contribution in [3.05, 3.63) is 47.2 Å². The zero-order chi connectivity index (χ0) is 17.7. The third-order valence-electron chi connectivity index (χ3n) is 4.10. The molecule has 1 aromatic heterocycles. The lowest BCUT2D eigenvalue weighted by molar-refractivity contribution is -0.139. The van der Waals surface area contributed by atoms with Crippen molar-refractivity contribution in [2.75, 3.05) is 0 Å². The number of unbranched alkanes of at least 4 members (excludes halogenated alkanes) is 1. The number of carboxylic acid groups (broad SMARTS) is 1. The van der Waals surface area contributed by atoms with E-state index < -0.39 is 17.9 Å². The molecule has 128 valence electrons. The maximum absolute atomic E-state index is 12.7. The quantitative estimate of drug-likeness (QED) is 0.806. The van der Waals surface area contributed by atoms with E-state index in [1.54, 1.807) is 6.92 Å². The Hall–Kier alpha value is -2.56. The van der Waals surface area contributed by atoms with Crippen LogP contribution in [0.2, 0.25) is 0 Å². The van der Waals surface area contributed by atoms with Crippen molar-refractivity contribution in [2.24, 2.45) is 0 Å². The van der Waals surface area contributed by atoms with Crippen LogP contribution in [0, 0.1) is 13.8 Å². The molecule has 1 unspecified atom stereocenters. The Kier molecular flexibility index (Phi) is 5.79. The monoisotopic (exact) mass is 329 g/mol. The van der Waals surface area contributed by atoms with Gasteiger partial charge in [0.05, 0.1) is 5.56 Å². The van der Waals surface area contributed by atoms with Gasteiger partial charge in [0.1, 0.15) is 17.6 Å². The lowest BCUT2D eigenvalue weighted by Gasteiger charge is -2.14. The molecule has 0 saturated carbocycles. The van der Waals surface area contributed by atoms with E-state index in [1.165, 1.54) is 0 Å². The molecule has 0 aliphatic carbocycles. The molecule has 0 bridgehead atoms. The fourth-order valence-electron chi connectivity index (χ4n) is 2.59. The Balaban J connectivity index is 2.33. The summed E-state index contributed by atoms with van der Waals surface area (Å²) in [6, 6.07) is 8.45. The minimum Gasteiger partial charge on any atom is -0.480 e. The number of hydrogen-bond donors (Lipinski definition) is 2. The molecule has 2 N–H and O–H groups in total. The number of aryl methyl sites for hydroxylation is 1. The summed E-state index contributed by atoms with van der Waals surface area (Å²) < 4.78 is 5.77. The predicted molar refractivity (Wildman–Crippen MR) is 92.0 cm³/mol. The lowest BCUT2D eigenvalue weighted by Crippen LogP contribution is -2.41. The molecule has 0 saturated heterocycles. The van der Waals surface area contributed by atoms with Crippen LogP contribution in [0.1, 0.15) is 47.9 Å². The van der Waals surface area contributed by atoms with Crippen LogP contribution >= 0.6 is 0 Å². The number of carboxylic acids is 1. The van der Waals surface area contributed by atoms with E-state index in [1.807, 2.05) is 44.2 Å². The molecule has 0 aliphatic heterocycles. The van der Waals surface area contributed by atoms with Crippen LogP contribution in [0.15, 0.2) is 34.7 Å². The second-order valence-electron chi connectivity index (χ2n) is 5.86. The first-order valence-corrected chi connectivity index (χ1v) is 8.14. The zero-order valence-corrected chi connectivity index (χ0v) is 14.3. The van der Waals surface area contributed by atoms with Crippen LogP contribution in [0.5, 0.6) is 0 Å². The van der Waals surface area contributed by atoms with Crippen LogP contribution in [0.3, 0.4) is 0 Å². The first-order chi connectivity index (χ1) is 11.5. The lowest BCUT2D eigenvalue weighted by atomic mass is 10.0. The third-order valence-corrected chi connectivity index (χ3v) is 4.10. The summed E-state index contributed by atoms with van der Waals surface area (Å²) in [4.78, 5) is 24.1. The van der Waals surface area contributed by atoms with Gasteiger partial charge in [-0.3, -0.25) is 4.79 Å². The van der Waals surface area contributed by atoms with Crippen molar-refractivity contribution in [2.45, 2.75) is 46.1 Å². The molecule has 24 heavy (non-hydrogen) atoms. The van der Waals surface area contributed by atoms with E-state index >= 15 is 0 Å². The van der Waals surface area contributed by atoms with E-state index in [0.29, 0.717) is 23.5 Å². The molecule has 2 aromatic rings. The average molecular weight is 329 g/mol. The first kappa shape index (κ1) is 17.8. The molecule has 5 nitrogen and oxygen atoms in total. The van der Waals surface area contributed by atoms with Gasteiger partial charge in [0, 0.05) is 11.1 Å². The fourth-order valence-corrected chi connectivity index (χ4v) is 2.59. The van der Waals surface area contributed by atoms with Crippen molar-refractivity contribution in [1.82, 2.24) is 5.32 Å². The summed E-state index contributed by atoms with van der Waals surface area (Å²) in [5.74, 6) is -0.301. The third kappa shape index (κ3) is 3.85. The van der Waals surface area contributed by atoms with Gasteiger partial charge in [0.25, 0.3) is 5.91 Å². The maximum atomic E-state index is 12.7. The summed E-state index contributed by atoms with van der Waals surface area (Å²) in [7, 11) is 0. The molecule has 0 fully saturated rings. The summed E-state index contributed by atoms with van der Waals surface area (Å²) in [6.07, 6.45) is 2.03. The Morgan fingerprint density at radius 1 is 1.21 bits per heavy atom. The van der Waals surface area contributed by atoms with Gasteiger partial charge in [-0.05, 0) is 20.3 Å².